The molecule has 1 aromatic heterocycles. The van der Waals surface area contributed by atoms with Crippen LogP contribution in [0, 0.1) is 0 Å². The molecule has 2 aromatic carbocycles. The number of halogens is 2. The first kappa shape index (κ1) is 21.8. The van der Waals surface area contributed by atoms with Crippen molar-refractivity contribution in [2.24, 2.45) is 5.10 Å². The Morgan fingerprint density at radius 3 is 2.50 bits per heavy atom. The summed E-state index contributed by atoms with van der Waals surface area (Å²) in [5, 5.41) is 4.82. The molecule has 0 fully saturated rings. The third kappa shape index (κ3) is 5.38. The molecule has 0 saturated heterocycles. The van der Waals surface area contributed by atoms with Gasteiger partial charge in [-0.3, -0.25) is 9.59 Å². The fraction of sp³-hybridized carbons (Fsp3) is 0.174. The molecule has 5 nitrogen and oxygen atoms in total. The third-order valence-electron chi connectivity index (χ3n) is 4.58. The Balaban J connectivity index is 1.71. The summed E-state index contributed by atoms with van der Waals surface area (Å²) in [6.45, 7) is 4.51. The predicted octanol–water partition coefficient (Wildman–Crippen LogP) is 5.09. The Kier molecular flexibility index (Phi) is 7.08. The molecule has 0 saturated carbocycles. The van der Waals surface area contributed by atoms with E-state index in [4.69, 9.17) is 23.2 Å². The molecule has 7 heteroatoms. The SMILES string of the molecule is CC(C)c1ccc(/C=N\NC(=O)c2cccn(Cc3ccc(Cl)c(Cl)c3)c2=O)cc1. The normalized spacial score (nSPS) is 11.2. The smallest absolute Gasteiger partial charge is 0.276 e. The second-order valence-electron chi connectivity index (χ2n) is 7.12. The zero-order chi connectivity index (χ0) is 21.7. The van der Waals surface area contributed by atoms with Crippen molar-refractivity contribution in [1.82, 2.24) is 9.99 Å². The van der Waals surface area contributed by atoms with Gasteiger partial charge in [0, 0.05) is 6.20 Å². The topological polar surface area (TPSA) is 63.5 Å². The molecular formula is C23H21Cl2N3O2. The third-order valence-corrected chi connectivity index (χ3v) is 5.32. The Morgan fingerprint density at radius 2 is 1.83 bits per heavy atom. The van der Waals surface area contributed by atoms with E-state index in [0.29, 0.717) is 16.0 Å². The lowest BCUT2D eigenvalue weighted by Crippen LogP contribution is -2.30. The van der Waals surface area contributed by atoms with Crippen molar-refractivity contribution < 1.29 is 4.79 Å². The predicted molar refractivity (Wildman–Crippen MR) is 122 cm³/mol. The Hall–Kier alpha value is -2.89. The molecule has 0 aliphatic carbocycles. The van der Waals surface area contributed by atoms with Gasteiger partial charge >= 0.3 is 0 Å². The van der Waals surface area contributed by atoms with Gasteiger partial charge in [-0.2, -0.15) is 5.10 Å². The van der Waals surface area contributed by atoms with E-state index in [1.54, 1.807) is 36.7 Å². The fourth-order valence-corrected chi connectivity index (χ4v) is 3.18. The highest BCUT2D eigenvalue weighted by Gasteiger charge is 2.12. The van der Waals surface area contributed by atoms with Gasteiger partial charge in [0.2, 0.25) is 0 Å². The van der Waals surface area contributed by atoms with E-state index in [-0.39, 0.29) is 12.1 Å². The molecule has 0 radical (unpaired) electrons. The summed E-state index contributed by atoms with van der Waals surface area (Å²) in [6, 6.07) is 16.1. The van der Waals surface area contributed by atoms with Crippen LogP contribution in [-0.4, -0.2) is 16.7 Å². The summed E-state index contributed by atoms with van der Waals surface area (Å²) in [5.41, 5.74) is 4.87. The highest BCUT2D eigenvalue weighted by atomic mass is 35.5. The number of hydrazone groups is 1. The largest absolute Gasteiger partial charge is 0.310 e. The number of rotatable bonds is 6. The first-order valence-corrected chi connectivity index (χ1v) is 10.2. The van der Waals surface area contributed by atoms with Crippen molar-refractivity contribution >= 4 is 35.3 Å². The summed E-state index contributed by atoms with van der Waals surface area (Å²) in [4.78, 5) is 25.1. The number of nitrogens with one attached hydrogen (secondary N) is 1. The van der Waals surface area contributed by atoms with Crippen LogP contribution in [0.5, 0.6) is 0 Å². The summed E-state index contributed by atoms with van der Waals surface area (Å²) < 4.78 is 1.43. The van der Waals surface area contributed by atoms with Crippen LogP contribution in [0.3, 0.4) is 0 Å². The highest BCUT2D eigenvalue weighted by molar-refractivity contribution is 6.42. The van der Waals surface area contributed by atoms with E-state index in [2.05, 4.69) is 24.4 Å². The van der Waals surface area contributed by atoms with Crippen molar-refractivity contribution in [1.29, 1.82) is 0 Å². The maximum absolute atomic E-state index is 12.7. The highest BCUT2D eigenvalue weighted by Crippen LogP contribution is 2.22. The quantitative estimate of drug-likeness (QED) is 0.427. The summed E-state index contributed by atoms with van der Waals surface area (Å²) in [6.07, 6.45) is 3.15. The van der Waals surface area contributed by atoms with Crippen LogP contribution >= 0.6 is 23.2 Å². The number of carbonyl (C=O) groups is 1. The molecule has 0 aliphatic heterocycles. The van der Waals surface area contributed by atoms with Crippen LogP contribution in [0.25, 0.3) is 0 Å². The zero-order valence-corrected chi connectivity index (χ0v) is 18.1. The molecule has 3 aromatic rings. The summed E-state index contributed by atoms with van der Waals surface area (Å²) >= 11 is 12.0. The van der Waals surface area contributed by atoms with Crippen LogP contribution in [0.2, 0.25) is 10.0 Å². The van der Waals surface area contributed by atoms with Gasteiger partial charge in [-0.1, -0.05) is 67.4 Å². The molecule has 1 heterocycles. The van der Waals surface area contributed by atoms with Gasteiger partial charge in [0.15, 0.2) is 0 Å². The van der Waals surface area contributed by atoms with E-state index in [1.807, 2.05) is 24.3 Å². The van der Waals surface area contributed by atoms with Crippen LogP contribution in [0.1, 0.15) is 46.8 Å². The Morgan fingerprint density at radius 1 is 1.10 bits per heavy atom. The lowest BCUT2D eigenvalue weighted by molar-refractivity contribution is 0.0953. The minimum absolute atomic E-state index is 0.00451. The van der Waals surface area contributed by atoms with Gasteiger partial charge in [-0.05, 0) is 46.9 Å². The lowest BCUT2D eigenvalue weighted by Gasteiger charge is -2.08. The van der Waals surface area contributed by atoms with E-state index in [0.717, 1.165) is 11.1 Å². The monoisotopic (exact) mass is 441 g/mol. The van der Waals surface area contributed by atoms with Crippen molar-refractivity contribution in [2.75, 3.05) is 0 Å². The van der Waals surface area contributed by atoms with Crippen LogP contribution in [0.15, 0.2) is 70.7 Å². The molecule has 0 atom stereocenters. The van der Waals surface area contributed by atoms with E-state index < -0.39 is 11.5 Å². The van der Waals surface area contributed by atoms with Gasteiger partial charge in [0.05, 0.1) is 22.8 Å². The first-order valence-electron chi connectivity index (χ1n) is 9.42. The average Bonchev–Trinajstić information content (AvgIpc) is 2.72. The standard InChI is InChI=1S/C23H21Cl2N3O2/c1-15(2)18-8-5-16(6-9-18)13-26-27-22(29)19-4-3-11-28(23(19)30)14-17-7-10-20(24)21(25)12-17/h3-13,15H,14H2,1-2H3,(H,27,29)/b26-13-. The number of carbonyl (C=O) groups excluding carboxylic acids is 1. The van der Waals surface area contributed by atoms with Crippen molar-refractivity contribution in [2.45, 2.75) is 26.3 Å². The zero-order valence-electron chi connectivity index (χ0n) is 16.6. The molecule has 1 N–H and O–H groups in total. The number of benzene rings is 2. The number of pyridine rings is 1. The van der Waals surface area contributed by atoms with Crippen molar-refractivity contribution in [3.05, 3.63) is 103 Å². The maximum Gasteiger partial charge on any atom is 0.276 e. The molecular weight excluding hydrogens is 421 g/mol. The number of nitrogens with zero attached hydrogens (tertiary/aromatic N) is 2. The fourth-order valence-electron chi connectivity index (χ4n) is 2.86. The molecule has 0 aliphatic rings. The minimum Gasteiger partial charge on any atom is -0.310 e. The second kappa shape index (κ2) is 9.74. The number of amides is 1. The van der Waals surface area contributed by atoms with Gasteiger partial charge in [-0.25, -0.2) is 5.43 Å². The molecule has 0 unspecified atom stereocenters. The minimum atomic E-state index is -0.571. The van der Waals surface area contributed by atoms with E-state index in [1.165, 1.54) is 16.2 Å². The number of hydrogen-bond acceptors (Lipinski definition) is 3. The molecule has 0 spiro atoms. The van der Waals surface area contributed by atoms with E-state index >= 15 is 0 Å². The van der Waals surface area contributed by atoms with E-state index in [9.17, 15) is 9.59 Å². The average molecular weight is 442 g/mol. The number of hydrogen-bond donors (Lipinski definition) is 1. The first-order chi connectivity index (χ1) is 14.3. The van der Waals surface area contributed by atoms with Crippen LogP contribution in [0.4, 0.5) is 0 Å². The van der Waals surface area contributed by atoms with Crippen molar-refractivity contribution in [3.63, 3.8) is 0 Å². The lowest BCUT2D eigenvalue weighted by atomic mass is 10.0. The Bertz CT molecular complexity index is 1140. The van der Waals surface area contributed by atoms with Crippen molar-refractivity contribution in [3.8, 4) is 0 Å². The van der Waals surface area contributed by atoms with Gasteiger partial charge in [0.1, 0.15) is 5.56 Å². The van der Waals surface area contributed by atoms with Gasteiger partial charge < -0.3 is 4.57 Å². The van der Waals surface area contributed by atoms with Gasteiger partial charge in [0.25, 0.3) is 11.5 Å². The summed E-state index contributed by atoms with van der Waals surface area (Å²) in [7, 11) is 0. The van der Waals surface area contributed by atoms with Crippen LogP contribution in [-0.2, 0) is 6.54 Å². The molecule has 3 rings (SSSR count). The molecule has 154 valence electrons. The summed E-state index contributed by atoms with van der Waals surface area (Å²) in [5.74, 6) is -0.126. The second-order valence-corrected chi connectivity index (χ2v) is 7.94. The molecule has 1 amide bonds. The molecule has 30 heavy (non-hydrogen) atoms. The van der Waals surface area contributed by atoms with Crippen LogP contribution < -0.4 is 11.0 Å². The number of aromatic nitrogens is 1. The van der Waals surface area contributed by atoms with Gasteiger partial charge in [-0.15, -0.1) is 0 Å². The Labute approximate surface area is 185 Å². The molecule has 0 bridgehead atoms. The maximum atomic E-state index is 12.7.